The summed E-state index contributed by atoms with van der Waals surface area (Å²) in [5.74, 6) is 0.478. The quantitative estimate of drug-likeness (QED) is 0.337. The van der Waals surface area contributed by atoms with E-state index < -0.39 is 5.97 Å². The van der Waals surface area contributed by atoms with Crippen LogP contribution < -0.4 is 5.32 Å². The van der Waals surface area contributed by atoms with Gasteiger partial charge < -0.3 is 14.8 Å². The van der Waals surface area contributed by atoms with Crippen LogP contribution in [0.1, 0.15) is 55.1 Å². The van der Waals surface area contributed by atoms with E-state index in [-0.39, 0.29) is 24.6 Å². The molecule has 1 N–H and O–H groups in total. The number of nitrogens with one attached hydrogen (secondary N) is 1. The molecule has 5 nitrogen and oxygen atoms in total. The molecule has 6 heteroatoms. The van der Waals surface area contributed by atoms with Crippen LogP contribution in [0.15, 0.2) is 30.5 Å². The minimum absolute atomic E-state index is 0.00190. The first-order chi connectivity index (χ1) is 12.5. The zero-order valence-corrected chi connectivity index (χ0v) is 15.8. The molecule has 0 aliphatic carbocycles. The molecular formula is C20H27BNO4. The SMILES string of the molecule is C=C(OCOC(=O)c1cccc2c1C[B][C@@H](NC(C)=O)C2)C(CC)CC. The van der Waals surface area contributed by atoms with E-state index in [1.807, 2.05) is 19.4 Å². The Morgan fingerprint density at radius 3 is 2.69 bits per heavy atom. The summed E-state index contributed by atoms with van der Waals surface area (Å²) in [5.41, 5.74) is 2.57. The number of esters is 1. The van der Waals surface area contributed by atoms with Crippen LogP contribution >= 0.6 is 0 Å². The van der Waals surface area contributed by atoms with E-state index in [1.54, 1.807) is 6.07 Å². The maximum atomic E-state index is 12.5. The Morgan fingerprint density at radius 2 is 2.04 bits per heavy atom. The van der Waals surface area contributed by atoms with Crippen molar-refractivity contribution in [3.63, 3.8) is 0 Å². The fraction of sp³-hybridized carbons (Fsp3) is 0.500. The zero-order valence-electron chi connectivity index (χ0n) is 15.8. The summed E-state index contributed by atoms with van der Waals surface area (Å²) in [6, 6.07) is 5.60. The average molecular weight is 356 g/mol. The molecular weight excluding hydrogens is 329 g/mol. The molecule has 0 saturated heterocycles. The number of benzene rings is 1. The molecule has 0 aromatic heterocycles. The van der Waals surface area contributed by atoms with Gasteiger partial charge in [0.15, 0.2) is 0 Å². The Balaban J connectivity index is 1.96. The Hall–Kier alpha value is -2.24. The standard InChI is InChI=1S/C20H27BNO4/c1-5-15(6-2)13(3)25-12-26-20(24)17-9-7-8-16-10-19(22-14(4)23)21-11-18(16)17/h7-9,15,19H,3,5-6,10-12H2,1-2,4H3,(H,22,23)/t19-/m0/s1. The largest absolute Gasteiger partial charge is 0.462 e. The van der Waals surface area contributed by atoms with Crippen molar-refractivity contribution < 1.29 is 19.1 Å². The predicted molar refractivity (Wildman–Crippen MR) is 102 cm³/mol. The lowest BCUT2D eigenvalue weighted by atomic mass is 9.57. The Morgan fingerprint density at radius 1 is 1.31 bits per heavy atom. The molecule has 0 bridgehead atoms. The van der Waals surface area contributed by atoms with E-state index >= 15 is 0 Å². The highest BCUT2D eigenvalue weighted by atomic mass is 16.7. The molecule has 26 heavy (non-hydrogen) atoms. The topological polar surface area (TPSA) is 64.6 Å². The molecule has 1 aliphatic rings. The van der Waals surface area contributed by atoms with Gasteiger partial charge in [-0.25, -0.2) is 4.79 Å². The van der Waals surface area contributed by atoms with Gasteiger partial charge in [-0.3, -0.25) is 4.79 Å². The second-order valence-corrected chi connectivity index (χ2v) is 6.57. The van der Waals surface area contributed by atoms with E-state index in [4.69, 9.17) is 9.47 Å². The van der Waals surface area contributed by atoms with Crippen molar-refractivity contribution in [2.45, 2.75) is 52.3 Å². The molecule has 2 rings (SSSR count). The first kappa shape index (κ1) is 20.1. The van der Waals surface area contributed by atoms with E-state index in [0.717, 1.165) is 24.0 Å². The van der Waals surface area contributed by atoms with Gasteiger partial charge in [-0.05, 0) is 36.5 Å². The first-order valence-electron chi connectivity index (χ1n) is 9.16. The molecule has 0 saturated carbocycles. The molecule has 0 fully saturated rings. The summed E-state index contributed by atoms with van der Waals surface area (Å²) in [6.45, 7) is 9.45. The van der Waals surface area contributed by atoms with Crippen LogP contribution in [0.4, 0.5) is 0 Å². The number of rotatable bonds is 8. The smallest absolute Gasteiger partial charge is 0.341 e. The summed E-state index contributed by atoms with van der Waals surface area (Å²) in [6.07, 6.45) is 3.19. The Kier molecular flexibility index (Phi) is 7.31. The van der Waals surface area contributed by atoms with E-state index in [9.17, 15) is 9.59 Å². The summed E-state index contributed by atoms with van der Waals surface area (Å²) < 4.78 is 10.8. The number of carbonyl (C=O) groups is 2. The lowest BCUT2D eigenvalue weighted by Gasteiger charge is -2.26. The van der Waals surface area contributed by atoms with Crippen molar-refractivity contribution in [2.75, 3.05) is 6.79 Å². The fourth-order valence-corrected chi connectivity index (χ4v) is 3.31. The Bertz CT molecular complexity index is 670. The second-order valence-electron chi connectivity index (χ2n) is 6.57. The van der Waals surface area contributed by atoms with Gasteiger partial charge >= 0.3 is 5.97 Å². The van der Waals surface area contributed by atoms with E-state index in [2.05, 4.69) is 25.7 Å². The number of ether oxygens (including phenoxy) is 2. The third-order valence-electron chi connectivity index (χ3n) is 4.80. The van der Waals surface area contributed by atoms with E-state index in [1.165, 1.54) is 6.92 Å². The normalized spacial score (nSPS) is 15.6. The van der Waals surface area contributed by atoms with Crippen molar-refractivity contribution in [2.24, 2.45) is 5.92 Å². The first-order valence-corrected chi connectivity index (χ1v) is 9.16. The molecule has 0 spiro atoms. The number of allylic oxidation sites excluding steroid dienone is 1. The van der Waals surface area contributed by atoms with Crippen molar-refractivity contribution >= 4 is 19.2 Å². The van der Waals surface area contributed by atoms with Crippen LogP contribution in [-0.2, 0) is 27.0 Å². The maximum Gasteiger partial charge on any atom is 0.341 e. The van der Waals surface area contributed by atoms with Gasteiger partial charge in [-0.1, -0.05) is 38.9 Å². The summed E-state index contributed by atoms with van der Waals surface area (Å²) in [7, 11) is 2.02. The minimum Gasteiger partial charge on any atom is -0.462 e. The number of hydrogen-bond acceptors (Lipinski definition) is 4. The van der Waals surface area contributed by atoms with Gasteiger partial charge in [0.2, 0.25) is 12.7 Å². The maximum absolute atomic E-state index is 12.5. The summed E-state index contributed by atoms with van der Waals surface area (Å²) in [4.78, 5) is 23.7. The summed E-state index contributed by atoms with van der Waals surface area (Å²) in [5, 5.41) is 2.90. The predicted octanol–water partition coefficient (Wildman–Crippen LogP) is 2.99. The lowest BCUT2D eigenvalue weighted by molar-refractivity contribution is -0.119. The monoisotopic (exact) mass is 356 g/mol. The van der Waals surface area contributed by atoms with Crippen LogP contribution in [0, 0.1) is 5.92 Å². The Labute approximate surface area is 156 Å². The highest BCUT2D eigenvalue weighted by Gasteiger charge is 2.24. The molecule has 0 unspecified atom stereocenters. The summed E-state index contributed by atoms with van der Waals surface area (Å²) >= 11 is 0. The van der Waals surface area contributed by atoms with E-state index in [0.29, 0.717) is 24.1 Å². The second kappa shape index (κ2) is 9.46. The lowest BCUT2D eigenvalue weighted by Crippen LogP contribution is -2.43. The molecule has 1 radical (unpaired) electrons. The van der Waals surface area contributed by atoms with Gasteiger partial charge in [0.05, 0.1) is 11.3 Å². The molecule has 1 aromatic rings. The van der Waals surface area contributed by atoms with Gasteiger partial charge in [-0.2, -0.15) is 0 Å². The highest BCUT2D eigenvalue weighted by Crippen LogP contribution is 2.23. The van der Waals surface area contributed by atoms with Crippen LogP contribution in [-0.4, -0.2) is 31.9 Å². The molecule has 1 atom stereocenters. The van der Waals surface area contributed by atoms with Crippen LogP contribution in [0.3, 0.4) is 0 Å². The number of amides is 1. The third-order valence-corrected chi connectivity index (χ3v) is 4.80. The van der Waals surface area contributed by atoms with Crippen molar-refractivity contribution in [1.82, 2.24) is 5.32 Å². The number of hydrogen-bond donors (Lipinski definition) is 1. The zero-order chi connectivity index (χ0) is 19.1. The van der Waals surface area contributed by atoms with Crippen molar-refractivity contribution in [3.8, 4) is 0 Å². The molecule has 139 valence electrons. The molecule has 1 heterocycles. The molecule has 1 amide bonds. The fourth-order valence-electron chi connectivity index (χ4n) is 3.31. The van der Waals surface area contributed by atoms with Gasteiger partial charge in [0.1, 0.15) is 7.28 Å². The van der Waals surface area contributed by atoms with Crippen LogP contribution in [0.25, 0.3) is 0 Å². The number of fused-ring (bicyclic) bond motifs is 1. The average Bonchev–Trinajstić information content (AvgIpc) is 2.61. The van der Waals surface area contributed by atoms with Crippen LogP contribution in [0.2, 0.25) is 0 Å². The van der Waals surface area contributed by atoms with Gasteiger partial charge in [-0.15, -0.1) is 0 Å². The van der Waals surface area contributed by atoms with Gasteiger partial charge in [0.25, 0.3) is 0 Å². The highest BCUT2D eigenvalue weighted by molar-refractivity contribution is 6.38. The van der Waals surface area contributed by atoms with Gasteiger partial charge in [0, 0.05) is 18.8 Å². The number of carbonyl (C=O) groups excluding carboxylic acids is 2. The van der Waals surface area contributed by atoms with Crippen LogP contribution in [0.5, 0.6) is 0 Å². The van der Waals surface area contributed by atoms with Crippen molar-refractivity contribution in [1.29, 1.82) is 0 Å². The molecule has 1 aromatic carbocycles. The molecule has 1 aliphatic heterocycles. The van der Waals surface area contributed by atoms with Crippen molar-refractivity contribution in [3.05, 3.63) is 47.2 Å². The minimum atomic E-state index is -0.398. The third kappa shape index (κ3) is 5.13.